The summed E-state index contributed by atoms with van der Waals surface area (Å²) in [5.41, 5.74) is 0. The van der Waals surface area contributed by atoms with Gasteiger partial charge in [0, 0.05) is 4.90 Å². The Morgan fingerprint density at radius 2 is 2.44 bits per heavy atom. The van der Waals surface area contributed by atoms with Gasteiger partial charge in [-0.25, -0.2) is 0 Å². The molecule has 0 aromatic heterocycles. The maximum atomic E-state index is 11.4. The highest BCUT2D eigenvalue weighted by molar-refractivity contribution is 8.13. The van der Waals surface area contributed by atoms with Crippen molar-refractivity contribution in [2.75, 3.05) is 13.2 Å². The first-order chi connectivity index (χ1) is 7.76. The van der Waals surface area contributed by atoms with Gasteiger partial charge >= 0.3 is 0 Å². The van der Waals surface area contributed by atoms with Crippen molar-refractivity contribution < 1.29 is 9.53 Å². The second-order valence-electron chi connectivity index (χ2n) is 2.86. The van der Waals surface area contributed by atoms with E-state index in [1.54, 1.807) is 0 Å². The first-order valence-corrected chi connectivity index (χ1v) is 5.70. The van der Waals surface area contributed by atoms with Gasteiger partial charge in [0.2, 0.25) is 0 Å². The fourth-order valence-corrected chi connectivity index (χ4v) is 1.74. The minimum Gasteiger partial charge on any atom is -0.494 e. The summed E-state index contributed by atoms with van der Waals surface area (Å²) in [6.07, 6.45) is 5.04. The van der Waals surface area contributed by atoms with Crippen LogP contribution in [0.4, 0.5) is 4.79 Å². The van der Waals surface area contributed by atoms with E-state index in [4.69, 9.17) is 11.2 Å². The van der Waals surface area contributed by atoms with Crippen LogP contribution in [0.2, 0.25) is 0 Å². The number of terminal acetylenes is 1. The highest BCUT2D eigenvalue weighted by atomic mass is 32.2. The van der Waals surface area contributed by atoms with Crippen LogP contribution in [0.25, 0.3) is 0 Å². The van der Waals surface area contributed by atoms with Crippen LogP contribution in [0.1, 0.15) is 6.92 Å². The Bertz CT molecular complexity index is 398. The number of rotatable bonds is 4. The molecule has 0 bridgehead atoms. The summed E-state index contributed by atoms with van der Waals surface area (Å²) in [7, 11) is 0. The summed E-state index contributed by atoms with van der Waals surface area (Å²) in [6, 6.07) is 7.38. The lowest BCUT2D eigenvalue weighted by atomic mass is 10.3. The zero-order valence-corrected chi connectivity index (χ0v) is 9.84. The zero-order valence-electron chi connectivity index (χ0n) is 9.03. The van der Waals surface area contributed by atoms with Crippen molar-refractivity contribution in [2.45, 2.75) is 11.8 Å². The lowest BCUT2D eigenvalue weighted by Gasteiger charge is -2.05. The molecule has 0 aliphatic rings. The average Bonchev–Trinajstić information content (AvgIpc) is 2.27. The number of carbonyl (C=O) groups is 1. The molecule has 1 amide bonds. The fourth-order valence-electron chi connectivity index (χ4n) is 1.06. The number of carbonyl (C=O) groups excluding carboxylic acids is 1. The first kappa shape index (κ1) is 12.5. The van der Waals surface area contributed by atoms with E-state index < -0.39 is 0 Å². The Morgan fingerprint density at radius 3 is 3.12 bits per heavy atom. The molecule has 0 unspecified atom stereocenters. The molecule has 0 saturated carbocycles. The van der Waals surface area contributed by atoms with E-state index >= 15 is 0 Å². The van der Waals surface area contributed by atoms with Crippen molar-refractivity contribution in [3.05, 3.63) is 24.3 Å². The maximum absolute atomic E-state index is 11.4. The Labute approximate surface area is 99.6 Å². The molecular weight excluding hydrogens is 222 g/mol. The van der Waals surface area contributed by atoms with Crippen molar-refractivity contribution in [1.29, 1.82) is 0 Å². The molecule has 4 heteroatoms. The third-order valence-electron chi connectivity index (χ3n) is 1.66. The minimum absolute atomic E-state index is 0.161. The molecular formula is C12H13NO2S. The monoisotopic (exact) mass is 235 g/mol. The van der Waals surface area contributed by atoms with Crippen molar-refractivity contribution in [2.24, 2.45) is 0 Å². The molecule has 0 radical (unpaired) electrons. The van der Waals surface area contributed by atoms with Gasteiger partial charge in [-0.05, 0) is 36.9 Å². The van der Waals surface area contributed by atoms with Crippen LogP contribution in [0.3, 0.4) is 0 Å². The lowest BCUT2D eigenvalue weighted by molar-refractivity contribution is 0.261. The summed E-state index contributed by atoms with van der Waals surface area (Å²) in [5.74, 6) is 3.11. The van der Waals surface area contributed by atoms with E-state index in [0.717, 1.165) is 22.4 Å². The molecule has 0 atom stereocenters. The number of thioether (sulfide) groups is 1. The Kier molecular flexibility index (Phi) is 5.30. The van der Waals surface area contributed by atoms with Gasteiger partial charge in [0.05, 0.1) is 13.2 Å². The van der Waals surface area contributed by atoms with Gasteiger partial charge in [-0.2, -0.15) is 0 Å². The normalized spacial score (nSPS) is 9.25. The van der Waals surface area contributed by atoms with Crippen LogP contribution >= 0.6 is 11.8 Å². The molecule has 0 heterocycles. The lowest BCUT2D eigenvalue weighted by Crippen LogP contribution is -2.18. The van der Waals surface area contributed by atoms with Gasteiger partial charge in [-0.3, -0.25) is 4.79 Å². The number of hydrogen-bond acceptors (Lipinski definition) is 3. The standard InChI is InChI=1S/C12H13NO2S/c1-3-8-13-12(14)16-11-7-5-6-10(9-11)15-4-2/h1,5-7,9H,4,8H2,2H3,(H,13,14). The molecule has 0 fully saturated rings. The SMILES string of the molecule is C#CCNC(=O)Sc1cccc(OCC)c1. The molecule has 0 aliphatic heterocycles. The molecule has 16 heavy (non-hydrogen) atoms. The zero-order chi connectivity index (χ0) is 11.8. The smallest absolute Gasteiger partial charge is 0.284 e. The predicted octanol–water partition coefficient (Wildman–Crippen LogP) is 2.52. The molecule has 1 rings (SSSR count). The summed E-state index contributed by atoms with van der Waals surface area (Å²) >= 11 is 1.10. The van der Waals surface area contributed by atoms with E-state index in [1.807, 2.05) is 31.2 Å². The van der Waals surface area contributed by atoms with Crippen LogP contribution in [-0.2, 0) is 0 Å². The first-order valence-electron chi connectivity index (χ1n) is 4.88. The van der Waals surface area contributed by atoms with E-state index in [0.29, 0.717) is 6.61 Å². The highest BCUT2D eigenvalue weighted by Crippen LogP contribution is 2.23. The molecule has 3 nitrogen and oxygen atoms in total. The van der Waals surface area contributed by atoms with Crippen LogP contribution < -0.4 is 10.1 Å². The number of benzene rings is 1. The Hall–Kier alpha value is -1.60. The Balaban J connectivity index is 2.56. The Morgan fingerprint density at radius 1 is 1.62 bits per heavy atom. The average molecular weight is 235 g/mol. The molecule has 1 N–H and O–H groups in total. The topological polar surface area (TPSA) is 38.3 Å². The summed E-state index contributed by atoms with van der Waals surface area (Å²) in [4.78, 5) is 12.2. The second-order valence-corrected chi connectivity index (χ2v) is 3.90. The molecule has 84 valence electrons. The third kappa shape index (κ3) is 4.28. The largest absolute Gasteiger partial charge is 0.494 e. The van der Waals surface area contributed by atoms with Gasteiger partial charge in [0.1, 0.15) is 5.75 Å². The van der Waals surface area contributed by atoms with Crippen molar-refractivity contribution >= 4 is 17.0 Å². The van der Waals surface area contributed by atoms with Crippen LogP contribution in [0.15, 0.2) is 29.2 Å². The maximum Gasteiger partial charge on any atom is 0.284 e. The number of hydrogen-bond donors (Lipinski definition) is 1. The third-order valence-corrected chi connectivity index (χ3v) is 2.48. The van der Waals surface area contributed by atoms with Crippen LogP contribution in [0, 0.1) is 12.3 Å². The van der Waals surface area contributed by atoms with Gasteiger partial charge < -0.3 is 10.1 Å². The summed E-state index contributed by atoms with van der Waals surface area (Å²) in [6.45, 7) is 2.77. The van der Waals surface area contributed by atoms with Crippen molar-refractivity contribution in [3.63, 3.8) is 0 Å². The van der Waals surface area contributed by atoms with Crippen molar-refractivity contribution in [3.8, 4) is 18.1 Å². The number of ether oxygens (including phenoxy) is 1. The van der Waals surface area contributed by atoms with Gasteiger partial charge in [0.25, 0.3) is 5.24 Å². The quantitative estimate of drug-likeness (QED) is 0.643. The van der Waals surface area contributed by atoms with Crippen molar-refractivity contribution in [1.82, 2.24) is 5.32 Å². The molecule has 0 spiro atoms. The number of amides is 1. The van der Waals surface area contributed by atoms with Gasteiger partial charge in [-0.1, -0.05) is 12.0 Å². The van der Waals surface area contributed by atoms with E-state index in [9.17, 15) is 4.79 Å². The van der Waals surface area contributed by atoms with Gasteiger partial charge in [-0.15, -0.1) is 6.42 Å². The van der Waals surface area contributed by atoms with Gasteiger partial charge in [0.15, 0.2) is 0 Å². The summed E-state index contributed by atoms with van der Waals surface area (Å²) < 4.78 is 5.33. The highest BCUT2D eigenvalue weighted by Gasteiger charge is 2.03. The molecule has 0 saturated heterocycles. The molecule has 1 aromatic carbocycles. The van der Waals surface area contributed by atoms with E-state index in [-0.39, 0.29) is 11.8 Å². The number of nitrogens with one attached hydrogen (secondary N) is 1. The second kappa shape index (κ2) is 6.81. The predicted molar refractivity (Wildman–Crippen MR) is 65.7 cm³/mol. The fraction of sp³-hybridized carbons (Fsp3) is 0.250. The van der Waals surface area contributed by atoms with E-state index in [2.05, 4.69) is 11.2 Å². The van der Waals surface area contributed by atoms with E-state index in [1.165, 1.54) is 0 Å². The summed E-state index contributed by atoms with van der Waals surface area (Å²) in [5, 5.41) is 2.42. The van der Waals surface area contributed by atoms with Crippen LogP contribution in [-0.4, -0.2) is 18.4 Å². The molecule has 1 aromatic rings. The van der Waals surface area contributed by atoms with Crippen LogP contribution in [0.5, 0.6) is 5.75 Å². The minimum atomic E-state index is -0.161. The molecule has 0 aliphatic carbocycles.